The number of piperazine rings is 1. The molecule has 0 aromatic carbocycles. The molecule has 2 N–H and O–H groups in total. The van der Waals surface area contributed by atoms with Crippen molar-refractivity contribution in [3.63, 3.8) is 0 Å². The molecule has 0 spiro atoms. The van der Waals surface area contributed by atoms with Gasteiger partial charge in [0.15, 0.2) is 0 Å². The van der Waals surface area contributed by atoms with Gasteiger partial charge in [0.05, 0.1) is 5.70 Å². The van der Waals surface area contributed by atoms with Crippen LogP contribution < -0.4 is 5.32 Å². The summed E-state index contributed by atoms with van der Waals surface area (Å²) in [6.45, 7) is 6.44. The largest absolute Gasteiger partial charge is 0.507 e. The number of carbonyl (C=O) groups is 2. The third-order valence-electron chi connectivity index (χ3n) is 3.08. The first-order chi connectivity index (χ1) is 8.65. The highest BCUT2D eigenvalue weighted by atomic mass is 16.3. The molecular weight excluding hydrogens is 232 g/mol. The van der Waals surface area contributed by atoms with Gasteiger partial charge in [0, 0.05) is 37.8 Å². The predicted molar refractivity (Wildman–Crippen MR) is 67.0 cm³/mol. The normalized spacial score (nSPS) is 21.1. The van der Waals surface area contributed by atoms with Crippen molar-refractivity contribution < 1.29 is 14.7 Å². The molecular formula is C13H16N2O3. The second kappa shape index (κ2) is 5.18. The second-order valence-electron chi connectivity index (χ2n) is 4.28. The number of ketones is 2. The van der Waals surface area contributed by atoms with Crippen LogP contribution in [-0.2, 0) is 9.59 Å². The molecule has 0 aromatic heterocycles. The highest BCUT2D eigenvalue weighted by Gasteiger charge is 2.32. The summed E-state index contributed by atoms with van der Waals surface area (Å²) >= 11 is 0. The van der Waals surface area contributed by atoms with Gasteiger partial charge < -0.3 is 15.3 Å². The number of rotatable bonds is 3. The summed E-state index contributed by atoms with van der Waals surface area (Å²) < 4.78 is 0. The van der Waals surface area contributed by atoms with Crippen molar-refractivity contribution in [2.75, 3.05) is 26.2 Å². The number of aliphatic hydroxyl groups excluding tert-OH is 1. The summed E-state index contributed by atoms with van der Waals surface area (Å²) in [4.78, 5) is 25.4. The number of Topliss-reactive ketones (excluding diaryl/α,β-unsaturated/α-hetero) is 1. The minimum atomic E-state index is -0.658. The average molecular weight is 248 g/mol. The Morgan fingerprint density at radius 3 is 2.67 bits per heavy atom. The summed E-state index contributed by atoms with van der Waals surface area (Å²) in [6.07, 6.45) is 2.98. The van der Waals surface area contributed by atoms with E-state index in [-0.39, 0.29) is 5.76 Å². The summed E-state index contributed by atoms with van der Waals surface area (Å²) in [5, 5.41) is 13.0. The number of allylic oxidation sites excluding steroid dienone is 4. The van der Waals surface area contributed by atoms with Crippen LogP contribution in [0.4, 0.5) is 0 Å². The van der Waals surface area contributed by atoms with Crippen molar-refractivity contribution >= 4 is 11.6 Å². The van der Waals surface area contributed by atoms with Crippen molar-refractivity contribution in [3.05, 3.63) is 35.8 Å². The van der Waals surface area contributed by atoms with E-state index in [9.17, 15) is 14.7 Å². The SMILES string of the molecule is C=CCC1=C(N2CCNCC2)C(=O)C(=O)C=C1O. The average Bonchev–Trinajstić information content (AvgIpc) is 2.37. The lowest BCUT2D eigenvalue weighted by Gasteiger charge is -2.33. The molecule has 0 radical (unpaired) electrons. The minimum Gasteiger partial charge on any atom is -0.507 e. The molecule has 1 fully saturated rings. The van der Waals surface area contributed by atoms with E-state index in [1.165, 1.54) is 0 Å². The highest BCUT2D eigenvalue weighted by Crippen LogP contribution is 2.25. The number of carbonyl (C=O) groups excluding carboxylic acids is 2. The van der Waals surface area contributed by atoms with Crippen molar-refractivity contribution in [2.45, 2.75) is 6.42 Å². The summed E-state index contributed by atoms with van der Waals surface area (Å²) in [5.74, 6) is -1.31. The van der Waals surface area contributed by atoms with Crippen LogP contribution in [0.25, 0.3) is 0 Å². The molecule has 0 unspecified atom stereocenters. The van der Waals surface area contributed by atoms with Crippen LogP contribution in [0.3, 0.4) is 0 Å². The van der Waals surface area contributed by atoms with Gasteiger partial charge in [-0.25, -0.2) is 0 Å². The summed E-state index contributed by atoms with van der Waals surface area (Å²) in [5.41, 5.74) is 0.831. The zero-order chi connectivity index (χ0) is 13.1. The van der Waals surface area contributed by atoms with Crippen molar-refractivity contribution in [1.82, 2.24) is 10.2 Å². The Kier molecular flexibility index (Phi) is 3.62. The molecule has 1 aliphatic carbocycles. The Morgan fingerprint density at radius 1 is 1.39 bits per heavy atom. The molecule has 0 bridgehead atoms. The fraction of sp³-hybridized carbons (Fsp3) is 0.385. The van der Waals surface area contributed by atoms with Crippen LogP contribution in [0.1, 0.15) is 6.42 Å². The molecule has 96 valence electrons. The van der Waals surface area contributed by atoms with E-state index in [4.69, 9.17) is 0 Å². The van der Waals surface area contributed by atoms with Crippen LogP contribution in [0, 0.1) is 0 Å². The Hall–Kier alpha value is -1.88. The maximum absolute atomic E-state index is 12.0. The number of hydrogen-bond acceptors (Lipinski definition) is 5. The zero-order valence-electron chi connectivity index (χ0n) is 10.1. The van der Waals surface area contributed by atoms with Gasteiger partial charge >= 0.3 is 0 Å². The molecule has 1 saturated heterocycles. The molecule has 18 heavy (non-hydrogen) atoms. The van der Waals surface area contributed by atoms with E-state index in [1.807, 2.05) is 4.90 Å². The van der Waals surface area contributed by atoms with E-state index in [0.717, 1.165) is 19.2 Å². The Balaban J connectivity index is 2.42. The topological polar surface area (TPSA) is 69.6 Å². The van der Waals surface area contributed by atoms with Crippen LogP contribution in [0.5, 0.6) is 0 Å². The predicted octanol–water partition coefficient (Wildman–Crippen LogP) is 0.315. The van der Waals surface area contributed by atoms with Gasteiger partial charge in [0.25, 0.3) is 0 Å². The lowest BCUT2D eigenvalue weighted by molar-refractivity contribution is -0.132. The van der Waals surface area contributed by atoms with Gasteiger partial charge in [-0.15, -0.1) is 6.58 Å². The smallest absolute Gasteiger partial charge is 0.249 e. The van der Waals surface area contributed by atoms with Gasteiger partial charge in [-0.3, -0.25) is 9.59 Å². The number of nitrogens with zero attached hydrogens (tertiary/aromatic N) is 1. The molecule has 1 heterocycles. The third kappa shape index (κ3) is 2.22. The fourth-order valence-electron chi connectivity index (χ4n) is 2.22. The van der Waals surface area contributed by atoms with E-state index < -0.39 is 11.6 Å². The molecule has 0 atom stereocenters. The lowest BCUT2D eigenvalue weighted by atomic mass is 9.95. The second-order valence-corrected chi connectivity index (χ2v) is 4.28. The van der Waals surface area contributed by atoms with Crippen molar-refractivity contribution in [2.24, 2.45) is 0 Å². The molecule has 0 amide bonds. The molecule has 2 rings (SSSR count). The lowest BCUT2D eigenvalue weighted by Crippen LogP contribution is -2.46. The Morgan fingerprint density at radius 2 is 2.06 bits per heavy atom. The number of nitrogens with one attached hydrogen (secondary N) is 1. The maximum Gasteiger partial charge on any atom is 0.249 e. The van der Waals surface area contributed by atoms with Gasteiger partial charge in [-0.05, 0) is 6.42 Å². The monoisotopic (exact) mass is 248 g/mol. The van der Waals surface area contributed by atoms with Crippen LogP contribution in [0.2, 0.25) is 0 Å². The Labute approximate surface area is 105 Å². The number of hydrogen-bond donors (Lipinski definition) is 2. The molecule has 0 aromatic rings. The third-order valence-corrected chi connectivity index (χ3v) is 3.08. The number of aliphatic hydroxyl groups is 1. The summed E-state index contributed by atoms with van der Waals surface area (Å²) in [6, 6.07) is 0. The van der Waals surface area contributed by atoms with E-state index in [1.54, 1.807) is 6.08 Å². The van der Waals surface area contributed by atoms with Gasteiger partial charge in [0.2, 0.25) is 11.6 Å². The quantitative estimate of drug-likeness (QED) is 0.427. The first-order valence-electron chi connectivity index (χ1n) is 5.94. The molecule has 5 nitrogen and oxygen atoms in total. The van der Waals surface area contributed by atoms with E-state index in [0.29, 0.717) is 30.8 Å². The first kappa shape index (κ1) is 12.6. The van der Waals surface area contributed by atoms with Crippen LogP contribution in [-0.4, -0.2) is 47.8 Å². The standard InChI is InChI=1S/C13H16N2O3/c1-2-3-9-10(16)8-11(17)13(18)12(9)15-6-4-14-5-7-15/h2,8,14,16H,1,3-7H2. The molecule has 5 heteroatoms. The molecule has 1 aliphatic heterocycles. The van der Waals surface area contributed by atoms with E-state index in [2.05, 4.69) is 11.9 Å². The fourth-order valence-corrected chi connectivity index (χ4v) is 2.22. The zero-order valence-corrected chi connectivity index (χ0v) is 10.1. The van der Waals surface area contributed by atoms with Crippen molar-refractivity contribution in [3.8, 4) is 0 Å². The maximum atomic E-state index is 12.0. The van der Waals surface area contributed by atoms with Gasteiger partial charge in [-0.1, -0.05) is 6.08 Å². The van der Waals surface area contributed by atoms with Crippen molar-refractivity contribution in [1.29, 1.82) is 0 Å². The van der Waals surface area contributed by atoms with Gasteiger partial charge in [-0.2, -0.15) is 0 Å². The molecule has 2 aliphatic rings. The Bertz CT molecular complexity index is 457. The van der Waals surface area contributed by atoms with Gasteiger partial charge in [0.1, 0.15) is 5.76 Å². The first-order valence-corrected chi connectivity index (χ1v) is 5.94. The van der Waals surface area contributed by atoms with Crippen LogP contribution in [0.15, 0.2) is 35.8 Å². The van der Waals surface area contributed by atoms with Crippen LogP contribution >= 0.6 is 0 Å². The summed E-state index contributed by atoms with van der Waals surface area (Å²) in [7, 11) is 0. The highest BCUT2D eigenvalue weighted by molar-refractivity contribution is 6.48. The minimum absolute atomic E-state index is 0.118. The molecule has 0 saturated carbocycles. The van der Waals surface area contributed by atoms with E-state index >= 15 is 0 Å².